The number of rotatable bonds is 2. The second-order valence-electron chi connectivity index (χ2n) is 3.87. The molecule has 3 nitrogen and oxygen atoms in total. The molecule has 1 aromatic heterocycles. The zero-order chi connectivity index (χ0) is 11.7. The van der Waals surface area contributed by atoms with Crippen LogP contribution in [0.15, 0.2) is 24.3 Å². The van der Waals surface area contributed by atoms with Gasteiger partial charge in [-0.2, -0.15) is 5.10 Å². The molecule has 0 atom stereocenters. The molecule has 2 rings (SSSR count). The Balaban J connectivity index is 0.00000144. The number of nitrogens with zero attached hydrogens (tertiary/aromatic N) is 2. The molecular formula is C12H16Cl3N3. The van der Waals surface area contributed by atoms with Gasteiger partial charge in [-0.15, -0.1) is 24.8 Å². The molecule has 0 aliphatic rings. The van der Waals surface area contributed by atoms with Gasteiger partial charge in [0, 0.05) is 5.02 Å². The normalized spacial score (nSPS) is 9.50. The highest BCUT2D eigenvalue weighted by molar-refractivity contribution is 6.30. The molecule has 0 saturated heterocycles. The van der Waals surface area contributed by atoms with Gasteiger partial charge in [-0.1, -0.05) is 23.7 Å². The number of anilines is 1. The van der Waals surface area contributed by atoms with Crippen LogP contribution in [0.4, 0.5) is 5.69 Å². The van der Waals surface area contributed by atoms with Crippen molar-refractivity contribution in [3.8, 4) is 0 Å². The molecule has 0 saturated carbocycles. The highest BCUT2D eigenvalue weighted by Crippen LogP contribution is 2.17. The Kier molecular flexibility index (Phi) is 6.54. The van der Waals surface area contributed by atoms with E-state index in [4.69, 9.17) is 17.3 Å². The van der Waals surface area contributed by atoms with Crippen LogP contribution in [-0.2, 0) is 6.54 Å². The molecule has 0 aliphatic heterocycles. The minimum atomic E-state index is 0. The lowest BCUT2D eigenvalue weighted by Crippen LogP contribution is -2.04. The van der Waals surface area contributed by atoms with Gasteiger partial charge in [0.25, 0.3) is 0 Å². The summed E-state index contributed by atoms with van der Waals surface area (Å²) in [6, 6.07) is 7.75. The maximum absolute atomic E-state index is 5.88. The first-order valence-corrected chi connectivity index (χ1v) is 5.49. The number of halogens is 3. The summed E-state index contributed by atoms with van der Waals surface area (Å²) in [4.78, 5) is 0. The number of aromatic nitrogens is 2. The summed E-state index contributed by atoms with van der Waals surface area (Å²) < 4.78 is 1.91. The molecule has 2 N–H and O–H groups in total. The van der Waals surface area contributed by atoms with E-state index in [-0.39, 0.29) is 24.8 Å². The minimum absolute atomic E-state index is 0. The van der Waals surface area contributed by atoms with Gasteiger partial charge >= 0.3 is 0 Å². The van der Waals surface area contributed by atoms with E-state index in [9.17, 15) is 0 Å². The van der Waals surface area contributed by atoms with Crippen molar-refractivity contribution in [1.82, 2.24) is 9.78 Å². The van der Waals surface area contributed by atoms with Crippen molar-refractivity contribution in [1.29, 1.82) is 0 Å². The van der Waals surface area contributed by atoms with Crippen molar-refractivity contribution < 1.29 is 0 Å². The fourth-order valence-corrected chi connectivity index (χ4v) is 1.75. The number of benzene rings is 1. The molecule has 2 aromatic rings. The van der Waals surface area contributed by atoms with Gasteiger partial charge < -0.3 is 5.73 Å². The summed E-state index contributed by atoms with van der Waals surface area (Å²) in [6.45, 7) is 4.62. The van der Waals surface area contributed by atoms with Crippen LogP contribution < -0.4 is 5.73 Å². The van der Waals surface area contributed by atoms with Gasteiger partial charge in [0.15, 0.2) is 0 Å². The van der Waals surface area contributed by atoms with Crippen LogP contribution in [0, 0.1) is 13.8 Å². The Morgan fingerprint density at radius 1 is 1.17 bits per heavy atom. The Bertz CT molecular complexity index is 506. The van der Waals surface area contributed by atoms with Gasteiger partial charge in [0.1, 0.15) is 0 Å². The van der Waals surface area contributed by atoms with E-state index in [1.165, 1.54) is 0 Å². The summed E-state index contributed by atoms with van der Waals surface area (Å²) in [5, 5.41) is 5.13. The summed E-state index contributed by atoms with van der Waals surface area (Å²) in [5.74, 6) is 0. The largest absolute Gasteiger partial charge is 0.396 e. The lowest BCUT2D eigenvalue weighted by atomic mass is 10.2. The van der Waals surface area contributed by atoms with Gasteiger partial charge in [0.05, 0.1) is 23.6 Å². The van der Waals surface area contributed by atoms with E-state index in [1.807, 2.05) is 42.8 Å². The fraction of sp³-hybridized carbons (Fsp3) is 0.250. The molecule has 18 heavy (non-hydrogen) atoms. The molecule has 1 heterocycles. The maximum Gasteiger partial charge on any atom is 0.0826 e. The first kappa shape index (κ1) is 17.1. The molecule has 100 valence electrons. The van der Waals surface area contributed by atoms with Crippen molar-refractivity contribution in [2.75, 3.05) is 5.73 Å². The van der Waals surface area contributed by atoms with Crippen molar-refractivity contribution in [2.45, 2.75) is 20.4 Å². The lowest BCUT2D eigenvalue weighted by Gasteiger charge is -2.04. The van der Waals surface area contributed by atoms with Crippen molar-refractivity contribution in [3.05, 3.63) is 46.2 Å². The van der Waals surface area contributed by atoms with Gasteiger partial charge in [-0.25, -0.2) is 0 Å². The molecule has 0 bridgehead atoms. The predicted octanol–water partition coefficient (Wildman–Crippen LogP) is 3.63. The summed E-state index contributed by atoms with van der Waals surface area (Å²) in [5.41, 5.74) is 9.70. The van der Waals surface area contributed by atoms with E-state index < -0.39 is 0 Å². The highest BCUT2D eigenvalue weighted by atomic mass is 35.5. The number of nitrogens with two attached hydrogens (primary N) is 1. The van der Waals surface area contributed by atoms with Crippen molar-refractivity contribution in [2.24, 2.45) is 0 Å². The van der Waals surface area contributed by atoms with E-state index in [1.54, 1.807) is 0 Å². The highest BCUT2D eigenvalue weighted by Gasteiger charge is 2.07. The van der Waals surface area contributed by atoms with Crippen molar-refractivity contribution in [3.63, 3.8) is 0 Å². The van der Waals surface area contributed by atoms with Gasteiger partial charge in [-0.3, -0.25) is 4.68 Å². The Morgan fingerprint density at radius 3 is 2.17 bits per heavy atom. The minimum Gasteiger partial charge on any atom is -0.396 e. The first-order chi connectivity index (χ1) is 7.58. The van der Waals surface area contributed by atoms with Crippen LogP contribution in [0.25, 0.3) is 0 Å². The average molecular weight is 309 g/mol. The quantitative estimate of drug-likeness (QED) is 0.920. The van der Waals surface area contributed by atoms with Crippen molar-refractivity contribution >= 4 is 42.1 Å². The molecule has 0 radical (unpaired) electrons. The number of hydrogen-bond acceptors (Lipinski definition) is 2. The van der Waals surface area contributed by atoms with E-state index in [0.29, 0.717) is 0 Å². The first-order valence-electron chi connectivity index (χ1n) is 5.12. The van der Waals surface area contributed by atoms with Crippen LogP contribution in [0.2, 0.25) is 5.02 Å². The van der Waals surface area contributed by atoms with E-state index in [0.717, 1.165) is 34.2 Å². The number of aryl methyl sites for hydroxylation is 1. The third-order valence-corrected chi connectivity index (χ3v) is 2.94. The van der Waals surface area contributed by atoms with Crippen LogP contribution in [-0.4, -0.2) is 9.78 Å². The molecule has 0 amide bonds. The SMILES string of the molecule is Cc1nn(Cc2ccc(Cl)cc2)c(C)c1N.Cl.Cl. The van der Waals surface area contributed by atoms with Crippen LogP contribution in [0.1, 0.15) is 17.0 Å². The van der Waals surface area contributed by atoms with Gasteiger partial charge in [-0.05, 0) is 31.5 Å². The summed E-state index contributed by atoms with van der Waals surface area (Å²) in [7, 11) is 0. The third kappa shape index (κ3) is 3.55. The Morgan fingerprint density at radius 2 is 1.72 bits per heavy atom. The zero-order valence-corrected chi connectivity index (χ0v) is 12.6. The molecule has 0 fully saturated rings. The summed E-state index contributed by atoms with van der Waals surface area (Å²) in [6.07, 6.45) is 0. The maximum atomic E-state index is 5.88. The van der Waals surface area contributed by atoms with Crippen LogP contribution >= 0.6 is 36.4 Å². The zero-order valence-electron chi connectivity index (χ0n) is 10.2. The smallest absolute Gasteiger partial charge is 0.0826 e. The topological polar surface area (TPSA) is 43.8 Å². The van der Waals surface area contributed by atoms with E-state index in [2.05, 4.69) is 5.10 Å². The Hall–Kier alpha value is -0.900. The average Bonchev–Trinajstić information content (AvgIpc) is 2.50. The third-order valence-electron chi connectivity index (χ3n) is 2.68. The van der Waals surface area contributed by atoms with E-state index >= 15 is 0 Å². The number of hydrogen-bond donors (Lipinski definition) is 1. The fourth-order valence-electron chi connectivity index (χ4n) is 1.63. The lowest BCUT2D eigenvalue weighted by molar-refractivity contribution is 0.659. The van der Waals surface area contributed by atoms with Gasteiger partial charge in [0.2, 0.25) is 0 Å². The summed E-state index contributed by atoms with van der Waals surface area (Å²) >= 11 is 5.83. The number of nitrogen functional groups attached to an aromatic ring is 1. The molecule has 0 spiro atoms. The van der Waals surface area contributed by atoms with Crippen LogP contribution in [0.3, 0.4) is 0 Å². The Labute approximate surface area is 124 Å². The molecule has 6 heteroatoms. The standard InChI is InChI=1S/C12H14ClN3.2ClH/c1-8-12(14)9(2)16(15-8)7-10-3-5-11(13)6-4-10;;/h3-6H,7,14H2,1-2H3;2*1H. The second kappa shape index (κ2) is 6.88. The molecule has 1 aromatic carbocycles. The molecule has 0 aliphatic carbocycles. The molecule has 0 unspecified atom stereocenters. The van der Waals surface area contributed by atoms with Crippen LogP contribution in [0.5, 0.6) is 0 Å². The second-order valence-corrected chi connectivity index (χ2v) is 4.31. The molecular weight excluding hydrogens is 293 g/mol. The monoisotopic (exact) mass is 307 g/mol. The predicted molar refractivity (Wildman–Crippen MR) is 81.2 cm³/mol.